The molecule has 0 N–H and O–H groups in total. The molecule has 0 aliphatic rings. The van der Waals surface area contributed by atoms with Gasteiger partial charge in [-0.25, -0.2) is 4.98 Å². The van der Waals surface area contributed by atoms with Gasteiger partial charge in [-0.15, -0.1) is 0 Å². The zero-order valence-electron chi connectivity index (χ0n) is 9.42. The Hall–Kier alpha value is -1.90. The minimum absolute atomic E-state index is 0.378. The van der Waals surface area contributed by atoms with Crippen molar-refractivity contribution >= 4 is 6.29 Å². The van der Waals surface area contributed by atoms with Crippen molar-refractivity contribution in [1.29, 1.82) is 0 Å². The van der Waals surface area contributed by atoms with E-state index in [1.165, 1.54) is 0 Å². The lowest BCUT2D eigenvalue weighted by atomic mass is 10.1. The molecule has 3 heteroatoms. The third-order valence-corrected chi connectivity index (χ3v) is 2.56. The first-order valence-corrected chi connectivity index (χ1v) is 5.30. The molecule has 0 aliphatic carbocycles. The number of carbonyl (C=O) groups excluding carboxylic acids is 1. The highest BCUT2D eigenvalue weighted by Crippen LogP contribution is 2.22. The van der Waals surface area contributed by atoms with Crippen LogP contribution in [0.5, 0.6) is 0 Å². The first-order chi connectivity index (χ1) is 7.72. The van der Waals surface area contributed by atoms with E-state index in [-0.39, 0.29) is 0 Å². The Kier molecular flexibility index (Phi) is 2.86. The highest BCUT2D eigenvalue weighted by Gasteiger charge is 2.07. The topological polar surface area (TPSA) is 34.9 Å². The number of imidazole rings is 1. The molecule has 0 bridgehead atoms. The predicted octanol–water partition coefficient (Wildman–Crippen LogP) is 2.94. The maximum atomic E-state index is 10.6. The van der Waals surface area contributed by atoms with Crippen molar-refractivity contribution in [2.75, 3.05) is 0 Å². The van der Waals surface area contributed by atoms with Crippen molar-refractivity contribution in [3.8, 4) is 11.3 Å². The lowest BCUT2D eigenvalue weighted by Crippen LogP contribution is -2.00. The molecule has 1 aromatic carbocycles. The molecule has 1 heterocycles. The lowest BCUT2D eigenvalue weighted by molar-refractivity contribution is 0.112. The van der Waals surface area contributed by atoms with Crippen LogP contribution in [-0.2, 0) is 0 Å². The van der Waals surface area contributed by atoms with Crippen molar-refractivity contribution in [3.63, 3.8) is 0 Å². The molecule has 1 aromatic heterocycles. The Morgan fingerprint density at radius 3 is 2.50 bits per heavy atom. The van der Waals surface area contributed by atoms with Crippen LogP contribution in [0.2, 0.25) is 0 Å². The van der Waals surface area contributed by atoms with Gasteiger partial charge in [-0.05, 0) is 19.4 Å². The molecule has 0 radical (unpaired) electrons. The summed E-state index contributed by atoms with van der Waals surface area (Å²) in [5, 5.41) is 0. The molecule has 0 unspecified atom stereocenters. The number of aldehydes is 1. The van der Waals surface area contributed by atoms with Gasteiger partial charge in [0.2, 0.25) is 0 Å². The average Bonchev–Trinajstić information content (AvgIpc) is 2.78. The van der Waals surface area contributed by atoms with Gasteiger partial charge in [0.05, 0.1) is 18.2 Å². The van der Waals surface area contributed by atoms with Crippen LogP contribution < -0.4 is 0 Å². The van der Waals surface area contributed by atoms with Gasteiger partial charge in [0.15, 0.2) is 0 Å². The summed E-state index contributed by atoms with van der Waals surface area (Å²) in [5.74, 6) is 0. The van der Waals surface area contributed by atoms with Crippen LogP contribution >= 0.6 is 0 Å². The minimum atomic E-state index is 0.378. The molecule has 0 aliphatic heterocycles. The smallest absolute Gasteiger partial charge is 0.150 e. The van der Waals surface area contributed by atoms with Crippen LogP contribution in [-0.4, -0.2) is 15.8 Å². The summed E-state index contributed by atoms with van der Waals surface area (Å²) in [6.07, 6.45) is 4.52. The second-order valence-electron chi connectivity index (χ2n) is 4.02. The van der Waals surface area contributed by atoms with Crippen LogP contribution in [0.25, 0.3) is 11.3 Å². The van der Waals surface area contributed by atoms with Crippen LogP contribution in [0.1, 0.15) is 30.2 Å². The maximum absolute atomic E-state index is 10.6. The standard InChI is InChI=1S/C13H14N2O/c1-10(2)15-9-14-7-13(15)12-5-3-11(8-16)4-6-12/h3-10H,1-2H3. The highest BCUT2D eigenvalue weighted by atomic mass is 16.1. The third-order valence-electron chi connectivity index (χ3n) is 2.56. The van der Waals surface area contributed by atoms with E-state index in [0.717, 1.165) is 17.5 Å². The average molecular weight is 214 g/mol. The van der Waals surface area contributed by atoms with Crippen molar-refractivity contribution in [2.24, 2.45) is 0 Å². The Labute approximate surface area is 94.7 Å². The summed E-state index contributed by atoms with van der Waals surface area (Å²) in [6, 6.07) is 7.91. The van der Waals surface area contributed by atoms with Gasteiger partial charge < -0.3 is 4.57 Å². The lowest BCUT2D eigenvalue weighted by Gasteiger charge is -2.11. The summed E-state index contributed by atoms with van der Waals surface area (Å²) < 4.78 is 2.11. The Balaban J connectivity index is 2.42. The third kappa shape index (κ3) is 1.89. The molecule has 2 aromatic rings. The van der Waals surface area contributed by atoms with Crippen molar-refractivity contribution in [3.05, 3.63) is 42.4 Å². The van der Waals surface area contributed by atoms with E-state index >= 15 is 0 Å². The molecule has 82 valence electrons. The van der Waals surface area contributed by atoms with Gasteiger partial charge in [-0.1, -0.05) is 24.3 Å². The maximum Gasteiger partial charge on any atom is 0.150 e. The van der Waals surface area contributed by atoms with Gasteiger partial charge in [0.1, 0.15) is 6.29 Å². The summed E-state index contributed by atoms with van der Waals surface area (Å²) in [6.45, 7) is 4.23. The van der Waals surface area contributed by atoms with Gasteiger partial charge in [0.25, 0.3) is 0 Å². The zero-order chi connectivity index (χ0) is 11.5. The van der Waals surface area contributed by atoms with Gasteiger partial charge in [-0.3, -0.25) is 4.79 Å². The number of nitrogens with zero attached hydrogens (tertiary/aromatic N) is 2. The largest absolute Gasteiger partial charge is 0.328 e. The zero-order valence-corrected chi connectivity index (χ0v) is 9.42. The highest BCUT2D eigenvalue weighted by molar-refractivity contribution is 5.76. The fourth-order valence-corrected chi connectivity index (χ4v) is 1.67. The molecule has 0 saturated carbocycles. The van der Waals surface area contributed by atoms with Crippen LogP contribution in [0, 0.1) is 0 Å². The molecule has 3 nitrogen and oxygen atoms in total. The second kappa shape index (κ2) is 4.31. The molecule has 0 fully saturated rings. The molecular formula is C13H14N2O. The Morgan fingerprint density at radius 1 is 1.25 bits per heavy atom. The molecular weight excluding hydrogens is 200 g/mol. The first kappa shape index (κ1) is 10.6. The van der Waals surface area contributed by atoms with E-state index in [0.29, 0.717) is 11.6 Å². The SMILES string of the molecule is CC(C)n1cncc1-c1ccc(C=O)cc1. The first-order valence-electron chi connectivity index (χ1n) is 5.30. The summed E-state index contributed by atoms with van der Waals surface area (Å²) in [4.78, 5) is 14.7. The van der Waals surface area contributed by atoms with Crippen LogP contribution in [0.15, 0.2) is 36.8 Å². The number of carbonyl (C=O) groups is 1. The molecule has 2 rings (SSSR count). The van der Waals surface area contributed by atoms with Crippen molar-refractivity contribution < 1.29 is 4.79 Å². The summed E-state index contributed by atoms with van der Waals surface area (Å²) in [7, 11) is 0. The monoisotopic (exact) mass is 214 g/mol. The molecule has 0 saturated heterocycles. The fourth-order valence-electron chi connectivity index (χ4n) is 1.67. The van der Waals surface area contributed by atoms with E-state index in [1.807, 2.05) is 36.8 Å². The number of hydrogen-bond donors (Lipinski definition) is 0. The second-order valence-corrected chi connectivity index (χ2v) is 4.02. The number of benzene rings is 1. The number of rotatable bonds is 3. The Bertz CT molecular complexity index is 483. The number of hydrogen-bond acceptors (Lipinski definition) is 2. The van der Waals surface area contributed by atoms with E-state index in [2.05, 4.69) is 23.4 Å². The predicted molar refractivity (Wildman–Crippen MR) is 63.4 cm³/mol. The van der Waals surface area contributed by atoms with Gasteiger partial charge in [0, 0.05) is 11.6 Å². The van der Waals surface area contributed by atoms with Crippen LogP contribution in [0.4, 0.5) is 0 Å². The van der Waals surface area contributed by atoms with Gasteiger partial charge in [-0.2, -0.15) is 0 Å². The number of aromatic nitrogens is 2. The van der Waals surface area contributed by atoms with Gasteiger partial charge >= 0.3 is 0 Å². The molecule has 0 atom stereocenters. The summed E-state index contributed by atoms with van der Waals surface area (Å²) in [5.41, 5.74) is 2.85. The molecule has 16 heavy (non-hydrogen) atoms. The quantitative estimate of drug-likeness (QED) is 0.736. The fraction of sp³-hybridized carbons (Fsp3) is 0.231. The Morgan fingerprint density at radius 2 is 1.94 bits per heavy atom. The van der Waals surface area contributed by atoms with E-state index < -0.39 is 0 Å². The molecule has 0 amide bonds. The van der Waals surface area contributed by atoms with Crippen LogP contribution in [0.3, 0.4) is 0 Å². The molecule has 0 spiro atoms. The van der Waals surface area contributed by atoms with E-state index in [9.17, 15) is 4.79 Å². The van der Waals surface area contributed by atoms with E-state index in [1.54, 1.807) is 0 Å². The minimum Gasteiger partial charge on any atom is -0.328 e. The van der Waals surface area contributed by atoms with E-state index in [4.69, 9.17) is 0 Å². The van der Waals surface area contributed by atoms with Crippen molar-refractivity contribution in [1.82, 2.24) is 9.55 Å². The summed E-state index contributed by atoms with van der Waals surface area (Å²) >= 11 is 0. The normalized spacial score (nSPS) is 10.7. The van der Waals surface area contributed by atoms with Crippen molar-refractivity contribution in [2.45, 2.75) is 19.9 Å².